The van der Waals surface area contributed by atoms with Crippen LogP contribution in [0.25, 0.3) is 0 Å². The predicted octanol–water partition coefficient (Wildman–Crippen LogP) is -7.79. The number of carbonyl (C=O) groups excluding carboxylic acids is 4. The Morgan fingerprint density at radius 2 is 0.773 bits per heavy atom. The Labute approximate surface area is 168 Å². The van der Waals surface area contributed by atoms with Crippen molar-refractivity contribution < 1.29 is 59.1 Å². The molecule has 0 saturated carbocycles. The van der Waals surface area contributed by atoms with Gasteiger partial charge in [0.1, 0.15) is 0 Å². The maximum Gasteiger partial charge on any atom is 2.00 e. The van der Waals surface area contributed by atoms with Crippen molar-refractivity contribution in [1.29, 1.82) is 0 Å². The third-order valence-corrected chi connectivity index (χ3v) is 2.14. The van der Waals surface area contributed by atoms with Crippen LogP contribution in [-0.4, -0.2) is 111 Å². The Hall–Kier alpha value is -0.317. The van der Waals surface area contributed by atoms with E-state index < -0.39 is 50.1 Å². The Balaban J connectivity index is -0.00000180. The average molecular weight is 394 g/mol. The van der Waals surface area contributed by atoms with Gasteiger partial charge in [0.2, 0.25) is 0 Å². The van der Waals surface area contributed by atoms with E-state index in [2.05, 4.69) is 0 Å². The third kappa shape index (κ3) is 16.1. The smallest absolute Gasteiger partial charge is 0.549 e. The molecular formula is C10H12CaN2O8Zn. The van der Waals surface area contributed by atoms with Crippen LogP contribution in [0.3, 0.4) is 0 Å². The summed E-state index contributed by atoms with van der Waals surface area (Å²) in [6.07, 6.45) is 0. The Morgan fingerprint density at radius 3 is 0.909 bits per heavy atom. The molecule has 0 spiro atoms. The minimum Gasteiger partial charge on any atom is -0.549 e. The molecule has 0 aromatic heterocycles. The maximum atomic E-state index is 10.4. The molecule has 10 nitrogen and oxygen atoms in total. The first-order valence-electron chi connectivity index (χ1n) is 5.44. The maximum absolute atomic E-state index is 10.4. The van der Waals surface area contributed by atoms with Gasteiger partial charge < -0.3 is 39.6 Å². The van der Waals surface area contributed by atoms with Crippen molar-refractivity contribution in [2.75, 3.05) is 39.3 Å². The van der Waals surface area contributed by atoms with Crippen LogP contribution in [0.5, 0.6) is 0 Å². The zero-order valence-electron chi connectivity index (χ0n) is 11.8. The Kier molecular flexibility index (Phi) is 17.3. The first kappa shape index (κ1) is 26.6. The van der Waals surface area contributed by atoms with Gasteiger partial charge >= 0.3 is 57.2 Å². The van der Waals surface area contributed by atoms with E-state index in [1.165, 1.54) is 0 Å². The fraction of sp³-hybridized carbons (Fsp3) is 0.600. The van der Waals surface area contributed by atoms with Gasteiger partial charge in [0, 0.05) is 39.3 Å². The van der Waals surface area contributed by atoms with E-state index in [1.54, 1.807) is 0 Å². The number of aliphatic carboxylic acids is 4. The molecule has 12 heteroatoms. The molecule has 0 saturated heterocycles. The molecular weight excluding hydrogens is 382 g/mol. The molecule has 0 atom stereocenters. The van der Waals surface area contributed by atoms with Crippen LogP contribution in [-0.2, 0) is 38.7 Å². The molecule has 0 unspecified atom stereocenters. The molecule has 114 valence electrons. The molecule has 0 aromatic rings. The first-order valence-corrected chi connectivity index (χ1v) is 5.44. The number of carboxylic acids is 4. The fourth-order valence-electron chi connectivity index (χ4n) is 1.44. The van der Waals surface area contributed by atoms with E-state index >= 15 is 0 Å². The summed E-state index contributed by atoms with van der Waals surface area (Å²) in [5.41, 5.74) is 0. The molecule has 0 aliphatic carbocycles. The van der Waals surface area contributed by atoms with E-state index in [1.807, 2.05) is 0 Å². The second-order valence-electron chi connectivity index (χ2n) is 3.91. The number of nitrogens with zero attached hydrogens (tertiary/aromatic N) is 2. The molecule has 0 bridgehead atoms. The van der Waals surface area contributed by atoms with Gasteiger partial charge in [-0.2, -0.15) is 0 Å². The van der Waals surface area contributed by atoms with Gasteiger partial charge in [-0.1, -0.05) is 0 Å². The van der Waals surface area contributed by atoms with Crippen LogP contribution in [0, 0.1) is 0 Å². The number of carboxylic acid groups (broad SMARTS) is 4. The Bertz CT molecular complexity index is 327. The van der Waals surface area contributed by atoms with Gasteiger partial charge in [0.05, 0.1) is 23.9 Å². The van der Waals surface area contributed by atoms with Crippen molar-refractivity contribution in [3.05, 3.63) is 0 Å². The molecule has 0 aromatic carbocycles. The van der Waals surface area contributed by atoms with Crippen LogP contribution in [0.2, 0.25) is 0 Å². The molecule has 22 heavy (non-hydrogen) atoms. The molecule has 0 aliphatic heterocycles. The zero-order valence-corrected chi connectivity index (χ0v) is 17.0. The summed E-state index contributed by atoms with van der Waals surface area (Å²) in [5, 5.41) is 41.6. The van der Waals surface area contributed by atoms with Crippen molar-refractivity contribution in [2.24, 2.45) is 0 Å². The summed E-state index contributed by atoms with van der Waals surface area (Å²) in [7, 11) is 0. The van der Waals surface area contributed by atoms with Gasteiger partial charge in [-0.05, 0) is 0 Å². The third-order valence-electron chi connectivity index (χ3n) is 2.14. The zero-order chi connectivity index (χ0) is 15.7. The summed E-state index contributed by atoms with van der Waals surface area (Å²) in [5.74, 6) is -6.12. The molecule has 0 amide bonds. The van der Waals surface area contributed by atoms with Gasteiger partial charge in [0.25, 0.3) is 0 Å². The van der Waals surface area contributed by atoms with Crippen LogP contribution in [0.1, 0.15) is 0 Å². The van der Waals surface area contributed by atoms with Crippen molar-refractivity contribution in [1.82, 2.24) is 9.80 Å². The van der Waals surface area contributed by atoms with Crippen LogP contribution >= 0.6 is 0 Å². The predicted molar refractivity (Wildman–Crippen MR) is 58.7 cm³/mol. The van der Waals surface area contributed by atoms with E-state index in [4.69, 9.17) is 0 Å². The normalized spacial score (nSPS) is 9.73. The second kappa shape index (κ2) is 14.3. The largest absolute Gasteiger partial charge is 2.00 e. The van der Waals surface area contributed by atoms with Crippen LogP contribution in [0.15, 0.2) is 0 Å². The minimum absolute atomic E-state index is 0. The molecule has 0 radical (unpaired) electrons. The van der Waals surface area contributed by atoms with E-state index in [-0.39, 0.29) is 70.3 Å². The van der Waals surface area contributed by atoms with E-state index in [9.17, 15) is 39.6 Å². The first-order chi connectivity index (χ1) is 9.20. The molecule has 0 aliphatic rings. The van der Waals surface area contributed by atoms with Crippen molar-refractivity contribution >= 4 is 61.6 Å². The van der Waals surface area contributed by atoms with Crippen molar-refractivity contribution in [3.63, 3.8) is 0 Å². The van der Waals surface area contributed by atoms with Gasteiger partial charge in [-0.15, -0.1) is 0 Å². The second-order valence-corrected chi connectivity index (χ2v) is 3.91. The summed E-state index contributed by atoms with van der Waals surface area (Å²) in [6.45, 7) is -3.25. The van der Waals surface area contributed by atoms with Gasteiger partial charge in [-0.3, -0.25) is 9.80 Å². The van der Waals surface area contributed by atoms with E-state index in [0.717, 1.165) is 9.80 Å². The molecule has 0 rings (SSSR count). The number of hydrogen-bond donors (Lipinski definition) is 0. The van der Waals surface area contributed by atoms with E-state index in [0.29, 0.717) is 0 Å². The SMILES string of the molecule is O=C([O-])CN(CCN(CC(=O)[O-])CC(=O)[O-])CC(=O)[O-].[Ca+2].[Zn+2]. The quantitative estimate of drug-likeness (QED) is 0.307. The van der Waals surface area contributed by atoms with Gasteiger partial charge in [-0.25, -0.2) is 0 Å². The summed E-state index contributed by atoms with van der Waals surface area (Å²) in [6, 6.07) is 0. The fourth-order valence-corrected chi connectivity index (χ4v) is 1.44. The molecule has 0 heterocycles. The van der Waals surface area contributed by atoms with Crippen LogP contribution in [0.4, 0.5) is 0 Å². The topological polar surface area (TPSA) is 167 Å². The van der Waals surface area contributed by atoms with Crippen LogP contribution < -0.4 is 20.4 Å². The monoisotopic (exact) mass is 392 g/mol. The molecule has 0 N–H and O–H groups in total. The average Bonchev–Trinajstić information content (AvgIpc) is 2.22. The number of hydrogen-bond acceptors (Lipinski definition) is 10. The molecule has 0 fully saturated rings. The van der Waals surface area contributed by atoms with Crippen molar-refractivity contribution in [2.45, 2.75) is 0 Å². The van der Waals surface area contributed by atoms with Crippen molar-refractivity contribution in [3.8, 4) is 0 Å². The summed E-state index contributed by atoms with van der Waals surface area (Å²) >= 11 is 0. The number of carbonyl (C=O) groups is 4. The summed E-state index contributed by atoms with van der Waals surface area (Å²) < 4.78 is 0. The number of rotatable bonds is 11. The van der Waals surface area contributed by atoms with Gasteiger partial charge in [0.15, 0.2) is 0 Å². The standard InChI is InChI=1S/C10H16N2O8.Ca.Zn/c13-7(14)3-11(4-8(15)16)1-2-12(5-9(17)18)6-10(19)20;;/h1-6H2,(H,13,14)(H,15,16)(H,17,18)(H,19,20);;/q;2*+2/p-4. The Morgan fingerprint density at radius 1 is 0.591 bits per heavy atom. The summed E-state index contributed by atoms with van der Waals surface area (Å²) in [4.78, 5) is 43.4. The minimum atomic E-state index is -1.53.